The molecule has 0 radical (unpaired) electrons. The van der Waals surface area contributed by atoms with Crippen molar-refractivity contribution in [3.8, 4) is 12.1 Å². The summed E-state index contributed by atoms with van der Waals surface area (Å²) in [5, 5.41) is 17.0. The molecule has 78 valence electrons. The number of methoxy groups -OCH3 is 1. The second kappa shape index (κ2) is 8.50. The molecule has 14 heavy (non-hydrogen) atoms. The summed E-state index contributed by atoms with van der Waals surface area (Å²) in [6.45, 7) is 4.13. The quantitative estimate of drug-likeness (QED) is 0.611. The Morgan fingerprint density at radius 3 is 2.50 bits per heavy atom. The molecule has 0 aliphatic carbocycles. The minimum absolute atomic E-state index is 0.198. The lowest BCUT2D eigenvalue weighted by molar-refractivity contribution is 0.127. The van der Waals surface area contributed by atoms with Gasteiger partial charge in [-0.1, -0.05) is 0 Å². The van der Waals surface area contributed by atoms with E-state index in [9.17, 15) is 0 Å². The Kier molecular flexibility index (Phi) is 7.83. The van der Waals surface area contributed by atoms with Crippen LogP contribution in [0.5, 0.6) is 0 Å². The van der Waals surface area contributed by atoms with Crippen molar-refractivity contribution in [2.75, 3.05) is 26.8 Å². The van der Waals surface area contributed by atoms with E-state index in [1.807, 2.05) is 6.92 Å². The lowest BCUT2D eigenvalue weighted by Crippen LogP contribution is -2.36. The van der Waals surface area contributed by atoms with Gasteiger partial charge in [0.1, 0.15) is 0 Å². The smallest absolute Gasteiger partial charge is 0.0638 e. The second-order valence-corrected chi connectivity index (χ2v) is 3.15. The van der Waals surface area contributed by atoms with Crippen LogP contribution in [0.3, 0.4) is 0 Å². The van der Waals surface area contributed by atoms with Gasteiger partial charge in [-0.2, -0.15) is 10.5 Å². The van der Waals surface area contributed by atoms with Crippen LogP contribution in [-0.2, 0) is 4.74 Å². The van der Waals surface area contributed by atoms with Gasteiger partial charge in [-0.3, -0.25) is 4.90 Å². The molecule has 1 atom stereocenters. The van der Waals surface area contributed by atoms with Crippen LogP contribution in [-0.4, -0.2) is 37.7 Å². The van der Waals surface area contributed by atoms with E-state index < -0.39 is 0 Å². The first-order valence-corrected chi connectivity index (χ1v) is 4.73. The van der Waals surface area contributed by atoms with E-state index >= 15 is 0 Å². The Balaban J connectivity index is 3.96. The monoisotopic (exact) mass is 195 g/mol. The number of hydrogen-bond donors (Lipinski definition) is 0. The van der Waals surface area contributed by atoms with Gasteiger partial charge in [-0.05, 0) is 6.92 Å². The first-order chi connectivity index (χ1) is 6.76. The molecule has 0 aromatic heterocycles. The summed E-state index contributed by atoms with van der Waals surface area (Å²) in [5.74, 6) is 0. The van der Waals surface area contributed by atoms with Gasteiger partial charge < -0.3 is 4.74 Å². The molecule has 0 aliphatic rings. The van der Waals surface area contributed by atoms with Crippen molar-refractivity contribution < 1.29 is 4.74 Å². The van der Waals surface area contributed by atoms with Crippen LogP contribution in [0.25, 0.3) is 0 Å². The summed E-state index contributed by atoms with van der Waals surface area (Å²) in [4.78, 5) is 2.11. The zero-order valence-corrected chi connectivity index (χ0v) is 8.86. The minimum Gasteiger partial charge on any atom is -0.383 e. The fourth-order valence-electron chi connectivity index (χ4n) is 1.22. The molecular weight excluding hydrogens is 178 g/mol. The second-order valence-electron chi connectivity index (χ2n) is 3.15. The molecule has 0 spiro atoms. The molecule has 0 amide bonds. The van der Waals surface area contributed by atoms with Gasteiger partial charge in [0.05, 0.1) is 25.2 Å². The molecule has 4 heteroatoms. The Labute approximate surface area is 85.7 Å². The number of rotatable bonds is 7. The zero-order chi connectivity index (χ0) is 10.8. The summed E-state index contributed by atoms with van der Waals surface area (Å²) in [6, 6.07) is 4.44. The molecule has 0 aliphatic heterocycles. The molecule has 0 aromatic carbocycles. The van der Waals surface area contributed by atoms with Gasteiger partial charge in [0.2, 0.25) is 0 Å². The van der Waals surface area contributed by atoms with Crippen molar-refractivity contribution in [2.45, 2.75) is 25.8 Å². The van der Waals surface area contributed by atoms with Crippen LogP contribution >= 0.6 is 0 Å². The van der Waals surface area contributed by atoms with Crippen LogP contribution < -0.4 is 0 Å². The summed E-state index contributed by atoms with van der Waals surface area (Å²) in [5.41, 5.74) is 0. The molecular formula is C10H17N3O. The topological polar surface area (TPSA) is 60.0 Å². The number of hydrogen-bond acceptors (Lipinski definition) is 4. The third-order valence-electron chi connectivity index (χ3n) is 2.10. The summed E-state index contributed by atoms with van der Waals surface area (Å²) in [6.07, 6.45) is 0.995. The van der Waals surface area contributed by atoms with Crippen molar-refractivity contribution in [1.29, 1.82) is 10.5 Å². The van der Waals surface area contributed by atoms with E-state index in [1.54, 1.807) is 7.11 Å². The summed E-state index contributed by atoms with van der Waals surface area (Å²) >= 11 is 0. The zero-order valence-electron chi connectivity index (χ0n) is 8.86. The number of nitrogens with zero attached hydrogens (tertiary/aromatic N) is 3. The highest BCUT2D eigenvalue weighted by Crippen LogP contribution is 2.03. The van der Waals surface area contributed by atoms with E-state index in [0.717, 1.165) is 6.54 Å². The summed E-state index contributed by atoms with van der Waals surface area (Å²) < 4.78 is 4.97. The Morgan fingerprint density at radius 2 is 2.00 bits per heavy atom. The molecule has 4 nitrogen and oxygen atoms in total. The maximum absolute atomic E-state index is 8.56. The highest BCUT2D eigenvalue weighted by molar-refractivity contribution is 4.82. The SMILES string of the molecule is COCCN(CCC#N)C(C)CC#N. The van der Waals surface area contributed by atoms with Gasteiger partial charge in [0.25, 0.3) is 0 Å². The maximum Gasteiger partial charge on any atom is 0.0638 e. The third kappa shape index (κ3) is 5.53. The van der Waals surface area contributed by atoms with E-state index in [2.05, 4.69) is 17.0 Å². The molecule has 0 bridgehead atoms. The predicted molar refractivity (Wildman–Crippen MR) is 53.4 cm³/mol. The van der Waals surface area contributed by atoms with Gasteiger partial charge in [-0.25, -0.2) is 0 Å². The highest BCUT2D eigenvalue weighted by atomic mass is 16.5. The van der Waals surface area contributed by atoms with Gasteiger partial charge in [0, 0.05) is 32.7 Å². The van der Waals surface area contributed by atoms with Crippen LogP contribution in [0.4, 0.5) is 0 Å². The summed E-state index contributed by atoms with van der Waals surface area (Å²) in [7, 11) is 1.65. The van der Waals surface area contributed by atoms with Gasteiger partial charge >= 0.3 is 0 Å². The minimum atomic E-state index is 0.198. The third-order valence-corrected chi connectivity index (χ3v) is 2.10. The van der Waals surface area contributed by atoms with Crippen molar-refractivity contribution in [2.24, 2.45) is 0 Å². The van der Waals surface area contributed by atoms with Crippen LogP contribution in [0.15, 0.2) is 0 Å². The molecule has 0 aromatic rings. The lowest BCUT2D eigenvalue weighted by atomic mass is 10.2. The Hall–Kier alpha value is -1.10. The highest BCUT2D eigenvalue weighted by Gasteiger charge is 2.12. The van der Waals surface area contributed by atoms with Gasteiger partial charge in [0.15, 0.2) is 0 Å². The van der Waals surface area contributed by atoms with Crippen LogP contribution in [0.2, 0.25) is 0 Å². The average Bonchev–Trinajstić information content (AvgIpc) is 2.18. The Morgan fingerprint density at radius 1 is 1.29 bits per heavy atom. The molecule has 0 fully saturated rings. The van der Waals surface area contributed by atoms with Gasteiger partial charge in [-0.15, -0.1) is 0 Å². The van der Waals surface area contributed by atoms with E-state index in [-0.39, 0.29) is 6.04 Å². The van der Waals surface area contributed by atoms with Crippen molar-refractivity contribution in [1.82, 2.24) is 4.90 Å². The largest absolute Gasteiger partial charge is 0.383 e. The van der Waals surface area contributed by atoms with E-state index in [4.69, 9.17) is 15.3 Å². The molecule has 0 saturated heterocycles. The fourth-order valence-corrected chi connectivity index (χ4v) is 1.22. The first kappa shape index (κ1) is 12.9. The van der Waals surface area contributed by atoms with E-state index in [0.29, 0.717) is 26.0 Å². The molecule has 0 rings (SSSR count). The standard InChI is InChI=1S/C10H17N3O/c1-10(4-6-12)13(7-3-5-11)8-9-14-2/h10H,3-4,7-9H2,1-2H3. The molecule has 0 saturated carbocycles. The van der Waals surface area contributed by atoms with E-state index in [1.165, 1.54) is 0 Å². The van der Waals surface area contributed by atoms with Crippen molar-refractivity contribution in [3.63, 3.8) is 0 Å². The van der Waals surface area contributed by atoms with Crippen molar-refractivity contribution in [3.05, 3.63) is 0 Å². The number of nitriles is 2. The number of ether oxygens (including phenoxy) is 1. The molecule has 0 heterocycles. The van der Waals surface area contributed by atoms with Crippen LogP contribution in [0.1, 0.15) is 19.8 Å². The molecule has 0 N–H and O–H groups in total. The lowest BCUT2D eigenvalue weighted by Gasteiger charge is -2.26. The predicted octanol–water partition coefficient (Wildman–Crippen LogP) is 1.15. The van der Waals surface area contributed by atoms with Crippen molar-refractivity contribution >= 4 is 0 Å². The Bertz CT molecular complexity index is 216. The maximum atomic E-state index is 8.56. The fraction of sp³-hybridized carbons (Fsp3) is 0.800. The normalized spacial score (nSPS) is 12.1. The molecule has 1 unspecified atom stereocenters. The first-order valence-electron chi connectivity index (χ1n) is 4.73. The average molecular weight is 195 g/mol. The van der Waals surface area contributed by atoms with Crippen LogP contribution in [0, 0.1) is 22.7 Å².